The lowest BCUT2D eigenvalue weighted by Gasteiger charge is -2.11. The summed E-state index contributed by atoms with van der Waals surface area (Å²) in [4.78, 5) is 14.6. The first-order valence-electron chi connectivity index (χ1n) is 17.0. The Kier molecular flexibility index (Phi) is 8.65. The molecule has 0 N–H and O–H groups in total. The number of rotatable bonds is 9. The highest BCUT2D eigenvalue weighted by atomic mass is 16.3. The molecule has 5 aromatic carbocycles. The van der Waals surface area contributed by atoms with Gasteiger partial charge >= 0.3 is 0 Å². The topological polar surface area (TPSA) is 51.8 Å². The molecule has 2 aromatic heterocycles. The van der Waals surface area contributed by atoms with E-state index in [1.54, 1.807) is 6.08 Å². The number of allylic oxidation sites excluding steroid dienone is 5. The molecule has 0 atom stereocenters. The number of benzene rings is 5. The van der Waals surface area contributed by atoms with Gasteiger partial charge in [-0.3, -0.25) is 0 Å². The summed E-state index contributed by atoms with van der Waals surface area (Å²) in [6.45, 7) is 3.73. The lowest BCUT2D eigenvalue weighted by atomic mass is 9.93. The molecule has 0 unspecified atom stereocenters. The molecule has 0 bridgehead atoms. The maximum Gasteiger partial charge on any atom is 0.163 e. The molecule has 0 fully saturated rings. The third-order valence-electron chi connectivity index (χ3n) is 9.07. The van der Waals surface area contributed by atoms with E-state index in [2.05, 4.69) is 104 Å². The Labute approximate surface area is 291 Å². The summed E-state index contributed by atoms with van der Waals surface area (Å²) in [7, 11) is 0. The zero-order valence-electron chi connectivity index (χ0n) is 27.7. The van der Waals surface area contributed by atoms with Crippen molar-refractivity contribution in [2.75, 3.05) is 0 Å². The van der Waals surface area contributed by atoms with E-state index in [0.717, 1.165) is 46.2 Å². The Morgan fingerprint density at radius 3 is 1.86 bits per heavy atom. The Morgan fingerprint density at radius 1 is 0.580 bits per heavy atom. The first kappa shape index (κ1) is 30.9. The number of aromatic nitrogens is 3. The SMILES string of the molecule is C=C/C=C\C=C/Cc1nc(-c2ccccc2)nc(-c2ccc(C3=c4c(oc5ccc(-c6ccc(-c7ccccc7)cc6)cc45)=CCC3)cc2)n1. The normalized spacial score (nSPS) is 12.8. The van der Waals surface area contributed by atoms with Gasteiger partial charge < -0.3 is 4.42 Å². The van der Waals surface area contributed by atoms with Crippen molar-refractivity contribution in [3.8, 4) is 45.0 Å². The minimum Gasteiger partial charge on any atom is -0.456 e. The zero-order valence-corrected chi connectivity index (χ0v) is 27.7. The highest BCUT2D eigenvalue weighted by molar-refractivity contribution is 5.88. The minimum atomic E-state index is 0.596. The predicted octanol–water partition coefficient (Wildman–Crippen LogP) is 9.90. The predicted molar refractivity (Wildman–Crippen MR) is 205 cm³/mol. The average molecular weight is 646 g/mol. The maximum atomic E-state index is 6.41. The van der Waals surface area contributed by atoms with Crippen molar-refractivity contribution in [3.05, 3.63) is 186 Å². The van der Waals surface area contributed by atoms with Gasteiger partial charge in [-0.25, -0.2) is 15.0 Å². The Morgan fingerprint density at radius 2 is 1.16 bits per heavy atom. The van der Waals surface area contributed by atoms with Gasteiger partial charge in [0.25, 0.3) is 0 Å². The lowest BCUT2D eigenvalue weighted by molar-refractivity contribution is 0.571. The van der Waals surface area contributed by atoms with E-state index in [9.17, 15) is 0 Å². The monoisotopic (exact) mass is 645 g/mol. The molecule has 50 heavy (non-hydrogen) atoms. The van der Waals surface area contributed by atoms with Gasteiger partial charge in [0.1, 0.15) is 16.8 Å². The van der Waals surface area contributed by atoms with Gasteiger partial charge in [-0.1, -0.05) is 152 Å². The molecule has 7 aromatic rings. The van der Waals surface area contributed by atoms with E-state index >= 15 is 0 Å². The molecule has 240 valence electrons. The molecule has 2 heterocycles. The highest BCUT2D eigenvalue weighted by Gasteiger charge is 2.16. The highest BCUT2D eigenvalue weighted by Crippen LogP contribution is 2.29. The Balaban J connectivity index is 1.15. The van der Waals surface area contributed by atoms with Crippen molar-refractivity contribution in [2.45, 2.75) is 19.3 Å². The standard InChI is InChI=1S/C46H35N3O/c1-2-3-4-5-12-20-43-47-45(36-16-10-7-11-17-36)49-46(48-43)37-27-25-35(26-28-37)39-18-13-19-42-44(39)40-31-38(29-30-41(40)50-42)34-23-21-33(22-24-34)32-14-8-6-9-15-32/h2-12,14-17,19,21-31H,1,13,18,20H2/b4-3-,12-5-. The molecule has 8 rings (SSSR count). The first-order valence-corrected chi connectivity index (χ1v) is 17.0. The van der Waals surface area contributed by atoms with Crippen LogP contribution < -0.4 is 10.6 Å². The van der Waals surface area contributed by atoms with Crippen LogP contribution in [0.25, 0.3) is 67.6 Å². The molecule has 4 heteroatoms. The van der Waals surface area contributed by atoms with Crippen LogP contribution in [0.15, 0.2) is 169 Å². The second-order valence-corrected chi connectivity index (χ2v) is 12.3. The summed E-state index contributed by atoms with van der Waals surface area (Å²) in [6.07, 6.45) is 14.3. The summed E-state index contributed by atoms with van der Waals surface area (Å²) in [6, 6.07) is 44.5. The zero-order chi connectivity index (χ0) is 33.7. The number of furan rings is 1. The van der Waals surface area contributed by atoms with Crippen LogP contribution in [0.2, 0.25) is 0 Å². The molecular weight excluding hydrogens is 611 g/mol. The molecule has 0 radical (unpaired) electrons. The van der Waals surface area contributed by atoms with Crippen molar-refractivity contribution in [3.63, 3.8) is 0 Å². The van der Waals surface area contributed by atoms with E-state index in [1.165, 1.54) is 38.6 Å². The quantitative estimate of drug-likeness (QED) is 0.147. The Bertz CT molecular complexity index is 2490. The van der Waals surface area contributed by atoms with Crippen LogP contribution in [0.4, 0.5) is 0 Å². The molecule has 1 aliphatic rings. The smallest absolute Gasteiger partial charge is 0.163 e. The molecule has 0 saturated heterocycles. The van der Waals surface area contributed by atoms with E-state index in [1.807, 2.05) is 60.7 Å². The number of hydrogen-bond acceptors (Lipinski definition) is 4. The van der Waals surface area contributed by atoms with Crippen LogP contribution in [0.5, 0.6) is 0 Å². The van der Waals surface area contributed by atoms with Crippen molar-refractivity contribution in [1.82, 2.24) is 15.0 Å². The van der Waals surface area contributed by atoms with Crippen molar-refractivity contribution in [1.29, 1.82) is 0 Å². The van der Waals surface area contributed by atoms with Gasteiger partial charge in [0.05, 0.1) is 0 Å². The second-order valence-electron chi connectivity index (χ2n) is 12.3. The van der Waals surface area contributed by atoms with Crippen LogP contribution in [0.3, 0.4) is 0 Å². The van der Waals surface area contributed by atoms with Crippen molar-refractivity contribution in [2.24, 2.45) is 0 Å². The molecule has 4 nitrogen and oxygen atoms in total. The Hall–Kier alpha value is -6.39. The molecule has 0 aliphatic heterocycles. The fraction of sp³-hybridized carbons (Fsp3) is 0.0652. The maximum absolute atomic E-state index is 6.41. The fourth-order valence-corrected chi connectivity index (χ4v) is 6.57. The van der Waals surface area contributed by atoms with Crippen LogP contribution >= 0.6 is 0 Å². The van der Waals surface area contributed by atoms with Crippen LogP contribution in [0, 0.1) is 0 Å². The number of nitrogens with zero attached hydrogens (tertiary/aromatic N) is 3. The molecule has 1 aliphatic carbocycles. The van der Waals surface area contributed by atoms with Crippen LogP contribution in [-0.4, -0.2) is 15.0 Å². The summed E-state index contributed by atoms with van der Waals surface area (Å²) in [5, 5.41) is 2.33. The number of hydrogen-bond donors (Lipinski definition) is 0. The fourth-order valence-electron chi connectivity index (χ4n) is 6.57. The number of fused-ring (bicyclic) bond motifs is 3. The van der Waals surface area contributed by atoms with Crippen molar-refractivity contribution >= 4 is 22.6 Å². The van der Waals surface area contributed by atoms with Gasteiger partial charge in [0.15, 0.2) is 11.6 Å². The molecule has 0 spiro atoms. The summed E-state index contributed by atoms with van der Waals surface area (Å²) < 4.78 is 6.41. The molecule has 0 saturated carbocycles. The van der Waals surface area contributed by atoms with Gasteiger partial charge in [-0.05, 0) is 64.4 Å². The van der Waals surface area contributed by atoms with Gasteiger partial charge in [-0.2, -0.15) is 0 Å². The largest absolute Gasteiger partial charge is 0.456 e. The van der Waals surface area contributed by atoms with Crippen LogP contribution in [-0.2, 0) is 6.42 Å². The first-order chi connectivity index (χ1) is 24.7. The summed E-state index contributed by atoms with van der Waals surface area (Å²) in [5.74, 6) is 2.05. The second kappa shape index (κ2) is 14.0. The summed E-state index contributed by atoms with van der Waals surface area (Å²) >= 11 is 0. The molecular formula is C46H35N3O. The van der Waals surface area contributed by atoms with Crippen LogP contribution in [0.1, 0.15) is 24.2 Å². The minimum absolute atomic E-state index is 0.596. The summed E-state index contributed by atoms with van der Waals surface area (Å²) in [5.41, 5.74) is 11.0. The average Bonchev–Trinajstić information content (AvgIpc) is 3.57. The third-order valence-corrected chi connectivity index (χ3v) is 9.07. The van der Waals surface area contributed by atoms with E-state index in [4.69, 9.17) is 19.4 Å². The van der Waals surface area contributed by atoms with E-state index in [0.29, 0.717) is 18.1 Å². The van der Waals surface area contributed by atoms with E-state index in [-0.39, 0.29) is 0 Å². The third kappa shape index (κ3) is 6.39. The van der Waals surface area contributed by atoms with Crippen molar-refractivity contribution < 1.29 is 4.42 Å². The lowest BCUT2D eigenvalue weighted by Crippen LogP contribution is -2.26. The van der Waals surface area contributed by atoms with Gasteiger partial charge in [0.2, 0.25) is 0 Å². The van der Waals surface area contributed by atoms with E-state index < -0.39 is 0 Å². The van der Waals surface area contributed by atoms with Gasteiger partial charge in [0, 0.05) is 28.2 Å². The van der Waals surface area contributed by atoms with Gasteiger partial charge in [-0.15, -0.1) is 0 Å². The molecule has 0 amide bonds.